The largest absolute Gasteiger partial charge is 0.489 e. The Hall–Kier alpha value is -2.45. The van der Waals surface area contributed by atoms with Gasteiger partial charge in [-0.1, -0.05) is 24.3 Å². The monoisotopic (exact) mass is 388 g/mol. The minimum atomic E-state index is -1.06. The normalized spacial score (nSPS) is 24.6. The third-order valence-corrected chi connectivity index (χ3v) is 4.71. The summed E-state index contributed by atoms with van der Waals surface area (Å²) in [6.07, 6.45) is -3.04. The Balaban J connectivity index is 1.64. The number of hydrogen-bond donors (Lipinski definition) is 3. The van der Waals surface area contributed by atoms with Crippen molar-refractivity contribution in [3.63, 3.8) is 0 Å². The molecule has 28 heavy (non-hydrogen) atoms. The molecule has 150 valence electrons. The van der Waals surface area contributed by atoms with E-state index in [1.165, 1.54) is 7.11 Å². The van der Waals surface area contributed by atoms with Crippen LogP contribution in [0.1, 0.15) is 34.0 Å². The molecule has 0 aliphatic carbocycles. The van der Waals surface area contributed by atoms with Gasteiger partial charge in [0, 0.05) is 6.42 Å². The fourth-order valence-corrected chi connectivity index (χ4v) is 3.17. The molecule has 1 saturated heterocycles. The molecule has 3 rings (SSSR count). The zero-order valence-corrected chi connectivity index (χ0v) is 15.5. The SMILES string of the molecule is COC(=O)c1cccc(COc2ccc([C@H]3OC(CO)CC(O)C3O)cc2)c1. The molecular weight excluding hydrogens is 364 g/mol. The van der Waals surface area contributed by atoms with E-state index in [2.05, 4.69) is 0 Å². The molecule has 2 aromatic rings. The molecule has 0 aromatic heterocycles. The van der Waals surface area contributed by atoms with Crippen LogP contribution in [0.5, 0.6) is 5.75 Å². The van der Waals surface area contributed by atoms with Crippen LogP contribution < -0.4 is 4.74 Å². The second-order valence-corrected chi connectivity index (χ2v) is 6.70. The van der Waals surface area contributed by atoms with Gasteiger partial charge in [0.1, 0.15) is 24.6 Å². The van der Waals surface area contributed by atoms with Gasteiger partial charge in [-0.2, -0.15) is 0 Å². The van der Waals surface area contributed by atoms with E-state index in [-0.39, 0.29) is 19.6 Å². The summed E-state index contributed by atoms with van der Waals surface area (Å²) in [6.45, 7) is 0.0597. The Morgan fingerprint density at radius 3 is 2.61 bits per heavy atom. The van der Waals surface area contributed by atoms with Gasteiger partial charge in [0.25, 0.3) is 0 Å². The number of aliphatic hydroxyl groups excluding tert-OH is 3. The molecule has 0 bridgehead atoms. The lowest BCUT2D eigenvalue weighted by atomic mass is 9.93. The lowest BCUT2D eigenvalue weighted by molar-refractivity contribution is -0.179. The highest BCUT2D eigenvalue weighted by Crippen LogP contribution is 2.32. The van der Waals surface area contributed by atoms with Crippen LogP contribution in [-0.4, -0.2) is 53.3 Å². The first-order valence-electron chi connectivity index (χ1n) is 9.04. The third-order valence-electron chi connectivity index (χ3n) is 4.71. The summed E-state index contributed by atoms with van der Waals surface area (Å²) < 4.78 is 16.1. The Morgan fingerprint density at radius 1 is 1.18 bits per heavy atom. The van der Waals surface area contributed by atoms with Crippen molar-refractivity contribution < 1.29 is 34.3 Å². The van der Waals surface area contributed by atoms with Crippen molar-refractivity contribution in [3.8, 4) is 5.75 Å². The second-order valence-electron chi connectivity index (χ2n) is 6.70. The van der Waals surface area contributed by atoms with Gasteiger partial charge in [-0.15, -0.1) is 0 Å². The van der Waals surface area contributed by atoms with Crippen LogP contribution in [0.25, 0.3) is 0 Å². The standard InChI is InChI=1S/C21H24O7/c1-26-21(25)15-4-2-3-13(9-15)12-27-16-7-5-14(6-8-16)20-19(24)18(23)10-17(11-22)28-20/h2-9,17-20,22-24H,10-12H2,1H3/t17?,18?,19?,20-/m1/s1. The molecule has 0 radical (unpaired) electrons. The molecule has 7 nitrogen and oxygen atoms in total. The van der Waals surface area contributed by atoms with E-state index in [9.17, 15) is 20.1 Å². The maximum absolute atomic E-state index is 11.6. The summed E-state index contributed by atoms with van der Waals surface area (Å²) in [5.74, 6) is 0.206. The first-order chi connectivity index (χ1) is 13.5. The molecular formula is C21H24O7. The summed E-state index contributed by atoms with van der Waals surface area (Å²) >= 11 is 0. The number of benzene rings is 2. The van der Waals surface area contributed by atoms with Crippen molar-refractivity contribution in [3.05, 3.63) is 65.2 Å². The molecule has 0 amide bonds. The van der Waals surface area contributed by atoms with E-state index in [1.807, 2.05) is 6.07 Å². The number of aliphatic hydroxyl groups is 3. The van der Waals surface area contributed by atoms with E-state index in [4.69, 9.17) is 14.2 Å². The molecule has 2 aromatic carbocycles. The number of carbonyl (C=O) groups excluding carboxylic acids is 1. The van der Waals surface area contributed by atoms with Gasteiger partial charge in [0.2, 0.25) is 0 Å². The number of esters is 1. The zero-order chi connectivity index (χ0) is 20.1. The minimum Gasteiger partial charge on any atom is -0.489 e. The predicted molar refractivity (Wildman–Crippen MR) is 99.9 cm³/mol. The topological polar surface area (TPSA) is 105 Å². The number of hydrogen-bond acceptors (Lipinski definition) is 7. The van der Waals surface area contributed by atoms with Crippen LogP contribution in [-0.2, 0) is 16.1 Å². The maximum Gasteiger partial charge on any atom is 0.337 e. The van der Waals surface area contributed by atoms with E-state index in [0.717, 1.165) is 5.56 Å². The molecule has 4 atom stereocenters. The fraction of sp³-hybridized carbons (Fsp3) is 0.381. The van der Waals surface area contributed by atoms with Gasteiger partial charge in [-0.3, -0.25) is 0 Å². The molecule has 1 fully saturated rings. The molecule has 1 aliphatic rings. The minimum absolute atomic E-state index is 0.194. The van der Waals surface area contributed by atoms with Gasteiger partial charge >= 0.3 is 5.97 Å². The summed E-state index contributed by atoms with van der Waals surface area (Å²) in [5, 5.41) is 29.4. The number of rotatable bonds is 6. The maximum atomic E-state index is 11.6. The quantitative estimate of drug-likeness (QED) is 0.646. The number of methoxy groups -OCH3 is 1. The molecule has 0 saturated carbocycles. The smallest absolute Gasteiger partial charge is 0.337 e. The third kappa shape index (κ3) is 4.69. The van der Waals surface area contributed by atoms with E-state index >= 15 is 0 Å². The van der Waals surface area contributed by atoms with Gasteiger partial charge in [-0.25, -0.2) is 4.79 Å². The summed E-state index contributed by atoms with van der Waals surface area (Å²) in [4.78, 5) is 11.6. The second kappa shape index (κ2) is 9.16. The van der Waals surface area contributed by atoms with Crippen molar-refractivity contribution >= 4 is 5.97 Å². The van der Waals surface area contributed by atoms with Crippen LogP contribution in [0.15, 0.2) is 48.5 Å². The first-order valence-corrected chi connectivity index (χ1v) is 9.04. The first kappa shape index (κ1) is 20.3. The van der Waals surface area contributed by atoms with Crippen molar-refractivity contribution in [2.45, 2.75) is 37.4 Å². The predicted octanol–water partition coefficient (Wildman–Crippen LogP) is 1.60. The molecule has 1 aliphatic heterocycles. The van der Waals surface area contributed by atoms with Crippen molar-refractivity contribution in [2.24, 2.45) is 0 Å². The van der Waals surface area contributed by atoms with Crippen LogP contribution in [0.2, 0.25) is 0 Å². The summed E-state index contributed by atoms with van der Waals surface area (Å²) in [5.41, 5.74) is 1.97. The van der Waals surface area contributed by atoms with E-state index in [1.54, 1.807) is 42.5 Å². The van der Waals surface area contributed by atoms with Gasteiger partial charge in [-0.05, 0) is 35.4 Å². The van der Waals surface area contributed by atoms with Crippen LogP contribution in [0, 0.1) is 0 Å². The molecule has 1 heterocycles. The fourth-order valence-electron chi connectivity index (χ4n) is 3.17. The van der Waals surface area contributed by atoms with E-state index < -0.39 is 30.4 Å². The number of carbonyl (C=O) groups is 1. The van der Waals surface area contributed by atoms with Crippen LogP contribution in [0.4, 0.5) is 0 Å². The highest BCUT2D eigenvalue weighted by molar-refractivity contribution is 5.89. The zero-order valence-electron chi connectivity index (χ0n) is 15.5. The van der Waals surface area contributed by atoms with Crippen LogP contribution >= 0.6 is 0 Å². The van der Waals surface area contributed by atoms with Gasteiger partial charge < -0.3 is 29.5 Å². The van der Waals surface area contributed by atoms with Crippen molar-refractivity contribution in [1.29, 1.82) is 0 Å². The molecule has 3 unspecified atom stereocenters. The summed E-state index contributed by atoms with van der Waals surface area (Å²) in [6, 6.07) is 14.0. The molecule has 0 spiro atoms. The molecule has 3 N–H and O–H groups in total. The Morgan fingerprint density at radius 2 is 1.93 bits per heavy atom. The lowest BCUT2D eigenvalue weighted by Gasteiger charge is -2.36. The van der Waals surface area contributed by atoms with Gasteiger partial charge in [0.05, 0.1) is 31.5 Å². The van der Waals surface area contributed by atoms with Gasteiger partial charge in [0.15, 0.2) is 0 Å². The van der Waals surface area contributed by atoms with E-state index in [0.29, 0.717) is 16.9 Å². The van der Waals surface area contributed by atoms with Crippen molar-refractivity contribution in [1.82, 2.24) is 0 Å². The molecule has 7 heteroatoms. The Labute approximate surface area is 163 Å². The summed E-state index contributed by atoms with van der Waals surface area (Å²) in [7, 11) is 1.34. The lowest BCUT2D eigenvalue weighted by Crippen LogP contribution is -2.44. The number of ether oxygens (including phenoxy) is 3. The highest BCUT2D eigenvalue weighted by atomic mass is 16.5. The average molecular weight is 388 g/mol. The Kier molecular flexibility index (Phi) is 6.64. The van der Waals surface area contributed by atoms with Crippen LogP contribution in [0.3, 0.4) is 0 Å². The Bertz CT molecular complexity index is 790. The highest BCUT2D eigenvalue weighted by Gasteiger charge is 2.37. The van der Waals surface area contributed by atoms with Crippen molar-refractivity contribution in [2.75, 3.05) is 13.7 Å². The average Bonchev–Trinajstić information content (AvgIpc) is 2.74.